The molecule has 2 aromatic carbocycles. The van der Waals surface area contributed by atoms with Gasteiger partial charge < -0.3 is 9.47 Å². The van der Waals surface area contributed by atoms with Gasteiger partial charge in [-0.1, -0.05) is 30.3 Å². The molecule has 140 valence electrons. The number of nitrogens with one attached hydrogen (secondary N) is 1. The summed E-state index contributed by atoms with van der Waals surface area (Å²) < 4.78 is 36.5. The molecular formula is C18H21NO6S. The fraction of sp³-hybridized carbons (Fsp3) is 0.278. The second-order valence-corrected chi connectivity index (χ2v) is 7.84. The number of methoxy groups -OCH3 is 2. The van der Waals surface area contributed by atoms with E-state index in [4.69, 9.17) is 14.7 Å². The molecular weight excluding hydrogens is 358 g/mol. The Labute approximate surface area is 152 Å². The summed E-state index contributed by atoms with van der Waals surface area (Å²) in [6, 6.07) is 13.2. The molecule has 1 amide bonds. The van der Waals surface area contributed by atoms with E-state index in [9.17, 15) is 13.2 Å². The summed E-state index contributed by atoms with van der Waals surface area (Å²) in [5, 5.41) is 7.76. The maximum absolute atomic E-state index is 13.1. The van der Waals surface area contributed by atoms with E-state index >= 15 is 0 Å². The minimum atomic E-state index is -3.87. The van der Waals surface area contributed by atoms with Crippen LogP contribution in [0, 0.1) is 0 Å². The first kappa shape index (κ1) is 19.7. The fourth-order valence-electron chi connectivity index (χ4n) is 2.61. The molecule has 0 saturated carbocycles. The predicted octanol–water partition coefficient (Wildman–Crippen LogP) is 1.98. The molecule has 1 atom stereocenters. The summed E-state index contributed by atoms with van der Waals surface area (Å²) in [6.07, 6.45) is -0.243. The number of rotatable bonds is 8. The standard InChI is InChI=1S/C18H21NO6S/c1-24-16-9-8-14(11-17(16)25-2)26(22,23)15(12-18(20)19-21)10-13-6-4-3-5-7-13/h3-9,11,15,21H,10,12H2,1-2H3,(H,19,20). The van der Waals surface area contributed by atoms with Crippen LogP contribution in [0.25, 0.3) is 0 Å². The largest absolute Gasteiger partial charge is 0.493 e. The van der Waals surface area contributed by atoms with Crippen LogP contribution in [0.5, 0.6) is 11.5 Å². The van der Waals surface area contributed by atoms with Crippen LogP contribution in [-0.2, 0) is 21.1 Å². The van der Waals surface area contributed by atoms with Gasteiger partial charge in [-0.2, -0.15) is 0 Å². The van der Waals surface area contributed by atoms with Crippen LogP contribution in [0.4, 0.5) is 0 Å². The lowest BCUT2D eigenvalue weighted by Crippen LogP contribution is -2.31. The molecule has 0 aliphatic carbocycles. The van der Waals surface area contributed by atoms with Gasteiger partial charge in [0.15, 0.2) is 21.3 Å². The average molecular weight is 379 g/mol. The van der Waals surface area contributed by atoms with Crippen LogP contribution in [-0.4, -0.2) is 39.0 Å². The van der Waals surface area contributed by atoms with Crippen LogP contribution < -0.4 is 15.0 Å². The third-order valence-electron chi connectivity index (χ3n) is 3.97. The minimum absolute atomic E-state index is 0.0156. The van der Waals surface area contributed by atoms with Gasteiger partial charge in [-0.3, -0.25) is 10.0 Å². The number of hydrogen-bond acceptors (Lipinski definition) is 6. The Hall–Kier alpha value is -2.58. The number of carbonyl (C=O) groups is 1. The zero-order chi connectivity index (χ0) is 19.2. The first-order valence-corrected chi connectivity index (χ1v) is 9.39. The average Bonchev–Trinajstić information content (AvgIpc) is 2.67. The van der Waals surface area contributed by atoms with Crippen LogP contribution >= 0.6 is 0 Å². The van der Waals surface area contributed by atoms with Crippen molar-refractivity contribution in [2.45, 2.75) is 23.0 Å². The van der Waals surface area contributed by atoms with E-state index < -0.39 is 21.0 Å². The fourth-order valence-corrected chi connectivity index (χ4v) is 4.30. The zero-order valence-corrected chi connectivity index (χ0v) is 15.3. The van der Waals surface area contributed by atoms with Gasteiger partial charge >= 0.3 is 0 Å². The Morgan fingerprint density at radius 3 is 2.31 bits per heavy atom. The SMILES string of the molecule is COc1ccc(S(=O)(=O)C(CC(=O)NO)Cc2ccccc2)cc1OC. The maximum atomic E-state index is 13.1. The van der Waals surface area contributed by atoms with Crippen molar-refractivity contribution in [3.8, 4) is 11.5 Å². The van der Waals surface area contributed by atoms with Crippen molar-refractivity contribution in [2.24, 2.45) is 0 Å². The van der Waals surface area contributed by atoms with Crippen molar-refractivity contribution in [1.29, 1.82) is 0 Å². The molecule has 8 heteroatoms. The van der Waals surface area contributed by atoms with Crippen LogP contribution in [0.2, 0.25) is 0 Å². The van der Waals surface area contributed by atoms with E-state index in [0.717, 1.165) is 5.56 Å². The Morgan fingerprint density at radius 2 is 1.73 bits per heavy atom. The molecule has 26 heavy (non-hydrogen) atoms. The lowest BCUT2D eigenvalue weighted by Gasteiger charge is -2.18. The molecule has 0 bridgehead atoms. The van der Waals surface area contributed by atoms with E-state index in [0.29, 0.717) is 5.75 Å². The predicted molar refractivity (Wildman–Crippen MR) is 95.2 cm³/mol. The summed E-state index contributed by atoms with van der Waals surface area (Å²) >= 11 is 0. The number of benzene rings is 2. The highest BCUT2D eigenvalue weighted by atomic mass is 32.2. The first-order valence-electron chi connectivity index (χ1n) is 7.85. The lowest BCUT2D eigenvalue weighted by molar-refractivity contribution is -0.129. The molecule has 0 radical (unpaired) electrons. The van der Waals surface area contributed by atoms with Gasteiger partial charge in [-0.05, 0) is 24.1 Å². The molecule has 7 nitrogen and oxygen atoms in total. The van der Waals surface area contributed by atoms with Crippen molar-refractivity contribution in [1.82, 2.24) is 5.48 Å². The summed E-state index contributed by atoms with van der Waals surface area (Å²) in [4.78, 5) is 11.7. The Balaban J connectivity index is 2.42. The molecule has 2 rings (SSSR count). The number of carbonyl (C=O) groups excluding carboxylic acids is 1. The topological polar surface area (TPSA) is 102 Å². The smallest absolute Gasteiger partial charge is 0.244 e. The van der Waals surface area contributed by atoms with Crippen molar-refractivity contribution in [3.63, 3.8) is 0 Å². The van der Waals surface area contributed by atoms with Crippen LogP contribution in [0.1, 0.15) is 12.0 Å². The number of hydroxylamine groups is 1. The maximum Gasteiger partial charge on any atom is 0.244 e. The van der Waals surface area contributed by atoms with Crippen molar-refractivity contribution < 1.29 is 27.9 Å². The molecule has 2 N–H and O–H groups in total. The number of amides is 1. The highest BCUT2D eigenvalue weighted by molar-refractivity contribution is 7.92. The molecule has 0 aliphatic heterocycles. The molecule has 0 spiro atoms. The minimum Gasteiger partial charge on any atom is -0.493 e. The lowest BCUT2D eigenvalue weighted by atomic mass is 10.1. The second-order valence-electron chi connectivity index (χ2n) is 5.61. The summed E-state index contributed by atoms with van der Waals surface area (Å²) in [5.41, 5.74) is 2.27. The van der Waals surface area contributed by atoms with E-state index in [2.05, 4.69) is 0 Å². The molecule has 1 unspecified atom stereocenters. The molecule has 0 heterocycles. The van der Waals surface area contributed by atoms with Gasteiger partial charge in [0.05, 0.1) is 24.4 Å². The van der Waals surface area contributed by atoms with Crippen molar-refractivity contribution >= 4 is 15.7 Å². The molecule has 2 aromatic rings. The van der Waals surface area contributed by atoms with Crippen LogP contribution in [0.15, 0.2) is 53.4 Å². The summed E-state index contributed by atoms with van der Waals surface area (Å²) in [6.45, 7) is 0. The monoisotopic (exact) mass is 379 g/mol. The van der Waals surface area contributed by atoms with Crippen molar-refractivity contribution in [3.05, 3.63) is 54.1 Å². The van der Waals surface area contributed by atoms with E-state index in [-0.39, 0.29) is 23.5 Å². The molecule has 0 aromatic heterocycles. The summed E-state index contributed by atoms with van der Waals surface area (Å²) in [7, 11) is -1.00. The van der Waals surface area contributed by atoms with Gasteiger partial charge in [-0.25, -0.2) is 13.9 Å². The normalized spacial score (nSPS) is 12.3. The highest BCUT2D eigenvalue weighted by Crippen LogP contribution is 2.32. The molecule has 0 aliphatic rings. The first-order chi connectivity index (χ1) is 12.4. The zero-order valence-electron chi connectivity index (χ0n) is 14.5. The third-order valence-corrected chi connectivity index (χ3v) is 6.09. The summed E-state index contributed by atoms with van der Waals surface area (Å²) in [5.74, 6) is -0.0900. The van der Waals surface area contributed by atoms with Crippen LogP contribution in [0.3, 0.4) is 0 Å². The number of sulfone groups is 1. The van der Waals surface area contributed by atoms with Gasteiger partial charge in [-0.15, -0.1) is 0 Å². The van der Waals surface area contributed by atoms with E-state index in [1.807, 2.05) is 6.07 Å². The van der Waals surface area contributed by atoms with Gasteiger partial charge in [0, 0.05) is 12.5 Å². The van der Waals surface area contributed by atoms with E-state index in [1.54, 1.807) is 24.3 Å². The Bertz CT molecular complexity index is 851. The van der Waals surface area contributed by atoms with Gasteiger partial charge in [0.25, 0.3) is 0 Å². The third kappa shape index (κ3) is 4.53. The van der Waals surface area contributed by atoms with Gasteiger partial charge in [0.1, 0.15) is 0 Å². The highest BCUT2D eigenvalue weighted by Gasteiger charge is 2.30. The Kier molecular flexibility index (Phi) is 6.59. The molecule has 0 saturated heterocycles. The number of hydrogen-bond donors (Lipinski definition) is 2. The molecule has 0 fully saturated rings. The number of ether oxygens (including phenoxy) is 2. The van der Waals surface area contributed by atoms with Gasteiger partial charge in [0.2, 0.25) is 5.91 Å². The quantitative estimate of drug-likeness (QED) is 0.537. The Morgan fingerprint density at radius 1 is 1.08 bits per heavy atom. The van der Waals surface area contributed by atoms with Crippen molar-refractivity contribution in [2.75, 3.05) is 14.2 Å². The van der Waals surface area contributed by atoms with E-state index in [1.165, 1.54) is 37.9 Å². The second kappa shape index (κ2) is 8.68.